The van der Waals surface area contributed by atoms with Crippen LogP contribution in [-0.2, 0) is 21.1 Å². The van der Waals surface area contributed by atoms with Crippen LogP contribution in [0.25, 0.3) is 0 Å². The largest absolute Gasteiger partial charge is 0.508 e. The average Bonchev–Trinajstić information content (AvgIpc) is 2.93. The molecule has 2 heterocycles. The van der Waals surface area contributed by atoms with E-state index >= 15 is 0 Å². The molecule has 3 rings (SSSR count). The number of carbonyl (C=O) groups excluding carboxylic acids is 1. The van der Waals surface area contributed by atoms with Crippen LogP contribution in [0.1, 0.15) is 25.8 Å². The highest BCUT2D eigenvalue weighted by Crippen LogP contribution is 2.28. The number of hydrogen-bond acceptors (Lipinski definition) is 5. The van der Waals surface area contributed by atoms with Crippen molar-refractivity contribution in [2.45, 2.75) is 38.8 Å². The Labute approximate surface area is 161 Å². The van der Waals surface area contributed by atoms with Gasteiger partial charge in [0.2, 0.25) is 5.91 Å². The van der Waals surface area contributed by atoms with E-state index in [2.05, 4.69) is 11.0 Å². The number of aryl methyl sites for hydroxylation is 1. The number of amides is 1. The molecular formula is C20H28N2O4S. The third kappa shape index (κ3) is 4.90. The number of aromatic hydroxyl groups is 1. The summed E-state index contributed by atoms with van der Waals surface area (Å²) in [6, 6.07) is 6.48. The van der Waals surface area contributed by atoms with E-state index in [9.17, 15) is 18.3 Å². The zero-order valence-corrected chi connectivity index (χ0v) is 16.8. The lowest BCUT2D eigenvalue weighted by molar-refractivity contribution is -0.136. The van der Waals surface area contributed by atoms with Crippen LogP contribution in [0.5, 0.6) is 5.75 Å². The Morgan fingerprint density at radius 2 is 1.81 bits per heavy atom. The first-order valence-corrected chi connectivity index (χ1v) is 11.2. The second kappa shape index (κ2) is 8.02. The highest BCUT2D eigenvalue weighted by molar-refractivity contribution is 7.91. The fourth-order valence-electron chi connectivity index (χ4n) is 3.92. The van der Waals surface area contributed by atoms with E-state index in [1.807, 2.05) is 26.0 Å². The lowest BCUT2D eigenvalue weighted by atomic mass is 10.0. The summed E-state index contributed by atoms with van der Waals surface area (Å²) in [6.07, 6.45) is 3.05. The molecule has 0 bridgehead atoms. The van der Waals surface area contributed by atoms with E-state index in [4.69, 9.17) is 0 Å². The minimum Gasteiger partial charge on any atom is -0.508 e. The van der Waals surface area contributed by atoms with Crippen molar-refractivity contribution in [3.05, 3.63) is 41.5 Å². The van der Waals surface area contributed by atoms with Gasteiger partial charge < -0.3 is 10.0 Å². The zero-order valence-electron chi connectivity index (χ0n) is 16.0. The highest BCUT2D eigenvalue weighted by atomic mass is 32.2. The van der Waals surface area contributed by atoms with Crippen LogP contribution < -0.4 is 0 Å². The zero-order chi connectivity index (χ0) is 19.6. The number of carbonyl (C=O) groups is 1. The number of phenols is 1. The van der Waals surface area contributed by atoms with Crippen LogP contribution >= 0.6 is 0 Å². The molecule has 148 valence electrons. The molecule has 27 heavy (non-hydrogen) atoms. The Morgan fingerprint density at radius 1 is 1.15 bits per heavy atom. The van der Waals surface area contributed by atoms with Gasteiger partial charge in [-0.1, -0.05) is 23.8 Å². The number of rotatable bonds is 5. The molecule has 2 aliphatic heterocycles. The molecule has 2 atom stereocenters. The number of piperazine rings is 1. The van der Waals surface area contributed by atoms with Gasteiger partial charge in [-0.2, -0.15) is 0 Å². The molecule has 0 unspecified atom stereocenters. The van der Waals surface area contributed by atoms with E-state index in [1.54, 1.807) is 17.0 Å². The summed E-state index contributed by atoms with van der Waals surface area (Å²) >= 11 is 0. The summed E-state index contributed by atoms with van der Waals surface area (Å²) < 4.78 is 24.5. The average molecular weight is 393 g/mol. The maximum absolute atomic E-state index is 12.8. The third-order valence-corrected chi connectivity index (χ3v) is 7.11. The molecular weight excluding hydrogens is 364 g/mol. The predicted octanol–water partition coefficient (Wildman–Crippen LogP) is 1.60. The highest BCUT2D eigenvalue weighted by Gasteiger charge is 2.47. The number of hydrogen-bond donors (Lipinski definition) is 1. The lowest BCUT2D eigenvalue weighted by Gasteiger charge is -2.43. The molecule has 2 fully saturated rings. The second-order valence-electron chi connectivity index (χ2n) is 7.74. The topological polar surface area (TPSA) is 77.9 Å². The number of allylic oxidation sites excluding steroid dienone is 1. The number of fused-ring (bicyclic) bond motifs is 1. The molecule has 0 spiro atoms. The molecule has 1 aromatic carbocycles. The first kappa shape index (κ1) is 19.9. The molecule has 2 saturated heterocycles. The maximum atomic E-state index is 12.8. The Balaban J connectivity index is 1.68. The van der Waals surface area contributed by atoms with E-state index in [-0.39, 0.29) is 35.2 Å². The molecule has 7 heteroatoms. The number of benzene rings is 1. The van der Waals surface area contributed by atoms with Crippen LogP contribution in [0.15, 0.2) is 35.9 Å². The van der Waals surface area contributed by atoms with Gasteiger partial charge in [0.1, 0.15) is 5.75 Å². The van der Waals surface area contributed by atoms with Crippen molar-refractivity contribution < 1.29 is 18.3 Å². The van der Waals surface area contributed by atoms with Crippen LogP contribution in [0.2, 0.25) is 0 Å². The minimum atomic E-state index is -3.12. The third-order valence-electron chi connectivity index (χ3n) is 5.41. The van der Waals surface area contributed by atoms with E-state index in [0.29, 0.717) is 25.9 Å². The molecule has 0 aliphatic carbocycles. The molecule has 0 radical (unpaired) electrons. The van der Waals surface area contributed by atoms with Gasteiger partial charge in [-0.15, -0.1) is 0 Å². The number of phenolic OH excluding ortho intramolecular Hbond substituents is 1. The van der Waals surface area contributed by atoms with Crippen molar-refractivity contribution in [3.8, 4) is 5.75 Å². The lowest BCUT2D eigenvalue weighted by Crippen LogP contribution is -2.60. The first-order valence-electron chi connectivity index (χ1n) is 9.40. The molecule has 2 aliphatic rings. The number of sulfone groups is 1. The van der Waals surface area contributed by atoms with Gasteiger partial charge in [-0.05, 0) is 38.0 Å². The van der Waals surface area contributed by atoms with Gasteiger partial charge in [-0.3, -0.25) is 9.69 Å². The van der Waals surface area contributed by atoms with E-state index in [0.717, 1.165) is 12.1 Å². The van der Waals surface area contributed by atoms with Gasteiger partial charge in [0.25, 0.3) is 0 Å². The molecule has 0 aromatic heterocycles. The van der Waals surface area contributed by atoms with Crippen molar-refractivity contribution in [2.24, 2.45) is 0 Å². The van der Waals surface area contributed by atoms with Gasteiger partial charge in [-0.25, -0.2) is 8.42 Å². The standard InChI is InChI=1S/C20H28N2O4S/c1-15(2)9-10-21-11-12-22(19-14-27(25,26)13-18(19)21)20(24)8-5-16-3-6-17(23)7-4-16/h3-4,6-7,9,18-19,23H,5,8,10-14H2,1-2H3/t18-,19+/m0/s1. The Bertz CT molecular complexity index is 813. The van der Waals surface area contributed by atoms with E-state index < -0.39 is 9.84 Å². The molecule has 1 N–H and O–H groups in total. The van der Waals surface area contributed by atoms with Crippen LogP contribution in [-0.4, -0.2) is 72.5 Å². The smallest absolute Gasteiger partial charge is 0.223 e. The number of nitrogens with zero attached hydrogens (tertiary/aromatic N) is 2. The quantitative estimate of drug-likeness (QED) is 0.770. The van der Waals surface area contributed by atoms with Crippen molar-refractivity contribution in [2.75, 3.05) is 31.1 Å². The molecule has 1 aromatic rings. The molecule has 6 nitrogen and oxygen atoms in total. The summed E-state index contributed by atoms with van der Waals surface area (Å²) in [5.74, 6) is 0.415. The fourth-order valence-corrected chi connectivity index (χ4v) is 5.93. The SMILES string of the molecule is CC(C)=CCN1CCN(C(=O)CCc2ccc(O)cc2)[C@@H]2CS(=O)(=O)C[C@@H]21. The minimum absolute atomic E-state index is 0.0111. The summed E-state index contributed by atoms with van der Waals surface area (Å²) in [4.78, 5) is 16.8. The van der Waals surface area contributed by atoms with Crippen molar-refractivity contribution >= 4 is 15.7 Å². The fraction of sp³-hybridized carbons (Fsp3) is 0.550. The monoisotopic (exact) mass is 392 g/mol. The van der Waals surface area contributed by atoms with E-state index in [1.165, 1.54) is 5.57 Å². The first-order chi connectivity index (χ1) is 12.7. The normalized spacial score (nSPS) is 24.4. The molecule has 0 saturated carbocycles. The Kier molecular flexibility index (Phi) is 5.91. The Hall–Kier alpha value is -1.86. The van der Waals surface area contributed by atoms with Crippen LogP contribution in [0, 0.1) is 0 Å². The summed E-state index contributed by atoms with van der Waals surface area (Å²) in [5.41, 5.74) is 2.19. The van der Waals surface area contributed by atoms with Gasteiger partial charge in [0, 0.05) is 32.1 Å². The van der Waals surface area contributed by atoms with Gasteiger partial charge in [0.15, 0.2) is 9.84 Å². The van der Waals surface area contributed by atoms with Gasteiger partial charge in [0.05, 0.1) is 17.5 Å². The second-order valence-corrected chi connectivity index (χ2v) is 9.90. The van der Waals surface area contributed by atoms with Crippen LogP contribution in [0.3, 0.4) is 0 Å². The predicted molar refractivity (Wildman–Crippen MR) is 105 cm³/mol. The van der Waals surface area contributed by atoms with Crippen molar-refractivity contribution in [1.29, 1.82) is 0 Å². The summed E-state index contributed by atoms with van der Waals surface area (Å²) in [7, 11) is -3.12. The Morgan fingerprint density at radius 3 is 2.48 bits per heavy atom. The maximum Gasteiger partial charge on any atom is 0.223 e. The summed E-state index contributed by atoms with van der Waals surface area (Å²) in [5, 5.41) is 9.35. The summed E-state index contributed by atoms with van der Waals surface area (Å²) in [6.45, 7) is 6.07. The van der Waals surface area contributed by atoms with Gasteiger partial charge >= 0.3 is 0 Å². The van der Waals surface area contributed by atoms with Crippen LogP contribution in [0.4, 0.5) is 0 Å². The van der Waals surface area contributed by atoms with Crippen molar-refractivity contribution in [1.82, 2.24) is 9.80 Å². The van der Waals surface area contributed by atoms with Crippen molar-refractivity contribution in [3.63, 3.8) is 0 Å². The molecule has 1 amide bonds.